The van der Waals surface area contributed by atoms with Crippen molar-refractivity contribution >= 4 is 23.5 Å². The standard InChI is InChI=1S/C37H64N6O5/c1-7-9-11-25(21-41-8-2)22-47-34(46)37-33(45)31-27(18-23(3)4)12-10-13-28(31)32(44)36(37,48-37)16-14-24(5)19-29(43-35(39)40-6)26-15-17-42-30(38)20-26/h14,23,25-31,41-42H,7-13,15-22,38H2,1-6H3,(H3,39,40,43)/t25-,26?,27?,28?,29-,30?,31?,36+,37+/m1/s1. The number of guanidine groups is 1. The fourth-order valence-corrected chi connectivity index (χ4v) is 8.75. The van der Waals surface area contributed by atoms with Crippen molar-refractivity contribution in [2.75, 3.05) is 33.3 Å². The van der Waals surface area contributed by atoms with E-state index in [0.29, 0.717) is 24.7 Å². The molecule has 4 fully saturated rings. The first kappa shape index (κ1) is 38.5. The molecule has 2 aliphatic heterocycles. The van der Waals surface area contributed by atoms with Gasteiger partial charge in [0.05, 0.1) is 12.8 Å². The molecule has 7 N–H and O–H groups in total. The average Bonchev–Trinajstić information content (AvgIpc) is 3.77. The lowest BCUT2D eigenvalue weighted by atomic mass is 9.57. The summed E-state index contributed by atoms with van der Waals surface area (Å²) in [5, 5.41) is 10.0. The van der Waals surface area contributed by atoms with E-state index in [9.17, 15) is 14.4 Å². The van der Waals surface area contributed by atoms with Crippen LogP contribution in [0.2, 0.25) is 0 Å². The molecule has 272 valence electrons. The smallest absolute Gasteiger partial charge is 0.350 e. The predicted octanol–water partition coefficient (Wildman–Crippen LogP) is 3.60. The summed E-state index contributed by atoms with van der Waals surface area (Å²) in [5.74, 6) is -0.753. The van der Waals surface area contributed by atoms with Gasteiger partial charge < -0.3 is 36.9 Å². The van der Waals surface area contributed by atoms with Gasteiger partial charge in [0.15, 0.2) is 23.1 Å². The third-order valence-electron chi connectivity index (χ3n) is 11.3. The number of nitrogens with two attached hydrogens (primary N) is 2. The predicted molar refractivity (Wildman–Crippen MR) is 189 cm³/mol. The highest BCUT2D eigenvalue weighted by Crippen LogP contribution is 2.62. The molecular weight excluding hydrogens is 608 g/mol. The number of nitrogens with one attached hydrogen (secondary N) is 3. The van der Waals surface area contributed by atoms with Crippen molar-refractivity contribution in [3.05, 3.63) is 11.6 Å². The maximum Gasteiger partial charge on any atom is 0.350 e. The van der Waals surface area contributed by atoms with Crippen LogP contribution in [0.5, 0.6) is 0 Å². The number of aliphatic imine (C=N–C) groups is 1. The molecule has 0 amide bonds. The van der Waals surface area contributed by atoms with Crippen LogP contribution in [0, 0.1) is 35.5 Å². The molecule has 2 saturated carbocycles. The lowest BCUT2D eigenvalue weighted by Crippen LogP contribution is -2.60. The van der Waals surface area contributed by atoms with Crippen LogP contribution in [0.1, 0.15) is 105 Å². The monoisotopic (exact) mass is 672 g/mol. The summed E-state index contributed by atoms with van der Waals surface area (Å²) in [6.45, 7) is 13.1. The Balaban J connectivity index is 1.61. The first-order valence-electron chi connectivity index (χ1n) is 18.7. The molecule has 2 heterocycles. The van der Waals surface area contributed by atoms with Crippen LogP contribution in [0.3, 0.4) is 0 Å². The van der Waals surface area contributed by atoms with Gasteiger partial charge in [-0.2, -0.15) is 0 Å². The molecule has 4 aliphatic rings. The van der Waals surface area contributed by atoms with Crippen molar-refractivity contribution in [3.8, 4) is 0 Å². The fourth-order valence-electron chi connectivity index (χ4n) is 8.75. The van der Waals surface area contributed by atoms with Gasteiger partial charge in [0.1, 0.15) is 0 Å². The first-order valence-corrected chi connectivity index (χ1v) is 18.7. The molecule has 0 radical (unpaired) electrons. The van der Waals surface area contributed by atoms with E-state index in [1.54, 1.807) is 7.05 Å². The second-order valence-corrected chi connectivity index (χ2v) is 15.4. The van der Waals surface area contributed by atoms with Gasteiger partial charge in [0.2, 0.25) is 0 Å². The lowest BCUT2D eigenvalue weighted by molar-refractivity contribution is -0.161. The van der Waals surface area contributed by atoms with E-state index in [0.717, 1.165) is 76.6 Å². The van der Waals surface area contributed by atoms with Crippen molar-refractivity contribution in [1.82, 2.24) is 16.0 Å². The highest BCUT2D eigenvalue weighted by atomic mass is 16.7. The van der Waals surface area contributed by atoms with Crippen molar-refractivity contribution in [2.45, 2.75) is 129 Å². The number of ether oxygens (including phenoxy) is 2. The number of fused-ring (bicyclic) bond motifs is 2. The first-order chi connectivity index (χ1) is 22.9. The minimum atomic E-state index is -1.87. The summed E-state index contributed by atoms with van der Waals surface area (Å²) < 4.78 is 12.3. The Morgan fingerprint density at radius 2 is 1.98 bits per heavy atom. The number of carbonyl (C=O) groups excluding carboxylic acids is 3. The van der Waals surface area contributed by atoms with E-state index < -0.39 is 29.0 Å². The van der Waals surface area contributed by atoms with Crippen molar-refractivity contribution < 1.29 is 23.9 Å². The fraction of sp³-hybridized carbons (Fsp3) is 0.838. The second-order valence-electron chi connectivity index (χ2n) is 15.4. The van der Waals surface area contributed by atoms with Crippen LogP contribution in [0.4, 0.5) is 0 Å². The minimum Gasteiger partial charge on any atom is -0.463 e. The summed E-state index contributed by atoms with van der Waals surface area (Å²) in [5.41, 5.74) is 9.98. The molecule has 48 heavy (non-hydrogen) atoms. The average molecular weight is 673 g/mol. The molecule has 0 aromatic rings. The number of piperidine rings is 1. The minimum absolute atomic E-state index is 0.00886. The second kappa shape index (κ2) is 17.1. The van der Waals surface area contributed by atoms with Gasteiger partial charge in [0.25, 0.3) is 5.60 Å². The quantitative estimate of drug-likeness (QED) is 0.0384. The van der Waals surface area contributed by atoms with E-state index in [1.165, 1.54) is 0 Å². The van der Waals surface area contributed by atoms with Crippen LogP contribution in [0.25, 0.3) is 0 Å². The molecule has 2 aliphatic carbocycles. The number of carbonyl (C=O) groups is 3. The summed E-state index contributed by atoms with van der Waals surface area (Å²) in [6, 6.07) is -0.00886. The van der Waals surface area contributed by atoms with E-state index in [1.807, 2.05) is 13.0 Å². The van der Waals surface area contributed by atoms with Gasteiger partial charge in [-0.05, 0) is 82.7 Å². The Morgan fingerprint density at radius 3 is 2.65 bits per heavy atom. The SMILES string of the molecule is CCCC[C@H](CNCC)COC(=O)[C@]12O[C@@]1(CC=C(C)C[C@@H](NC(N)=NC)C1CCNC(N)C1)C(=O)C1CCCC(CC(C)C)C1C2=O. The van der Waals surface area contributed by atoms with Crippen molar-refractivity contribution in [2.24, 2.45) is 52.0 Å². The molecule has 0 bridgehead atoms. The Morgan fingerprint density at radius 1 is 1.21 bits per heavy atom. The molecule has 2 saturated heterocycles. The molecule has 0 spiro atoms. The van der Waals surface area contributed by atoms with E-state index in [4.69, 9.17) is 20.9 Å². The Labute approximate surface area is 288 Å². The number of ketones is 2. The molecule has 4 rings (SSSR count). The van der Waals surface area contributed by atoms with Crippen LogP contribution in [-0.4, -0.2) is 80.2 Å². The molecule has 9 atom stereocenters. The summed E-state index contributed by atoms with van der Waals surface area (Å²) >= 11 is 0. The number of Topliss-reactive ketones (excluding diaryl/α,β-unsaturated/α-hetero) is 2. The van der Waals surface area contributed by atoms with Crippen molar-refractivity contribution in [3.63, 3.8) is 0 Å². The van der Waals surface area contributed by atoms with Gasteiger partial charge in [-0.25, -0.2) is 4.79 Å². The number of unbranched alkanes of at least 4 members (excludes halogenated alkanes) is 1. The van der Waals surface area contributed by atoms with Crippen LogP contribution >= 0.6 is 0 Å². The van der Waals surface area contributed by atoms with E-state index in [2.05, 4.69) is 48.6 Å². The van der Waals surface area contributed by atoms with Crippen LogP contribution in [0.15, 0.2) is 16.6 Å². The third kappa shape index (κ3) is 8.33. The summed E-state index contributed by atoms with van der Waals surface area (Å²) in [6.07, 6.45) is 10.7. The number of esters is 1. The zero-order chi connectivity index (χ0) is 35.1. The van der Waals surface area contributed by atoms with Gasteiger partial charge in [0, 0.05) is 43.8 Å². The maximum absolute atomic E-state index is 14.6. The van der Waals surface area contributed by atoms with Crippen molar-refractivity contribution in [1.29, 1.82) is 0 Å². The Bertz CT molecular complexity index is 1180. The Kier molecular flexibility index (Phi) is 13.7. The molecule has 5 unspecified atom stereocenters. The number of rotatable bonds is 17. The van der Waals surface area contributed by atoms with Crippen LogP contribution in [-0.2, 0) is 23.9 Å². The number of nitrogens with zero attached hydrogens (tertiary/aromatic N) is 1. The number of hydrogen-bond acceptors (Lipinski definition) is 9. The normalized spacial score (nSPS) is 33.5. The van der Waals surface area contributed by atoms with Gasteiger partial charge in [-0.1, -0.05) is 58.6 Å². The van der Waals surface area contributed by atoms with Gasteiger partial charge in [-0.3, -0.25) is 14.6 Å². The lowest BCUT2D eigenvalue weighted by Gasteiger charge is -2.42. The maximum atomic E-state index is 14.6. The number of epoxide rings is 1. The molecule has 0 aromatic carbocycles. The molecule has 0 aromatic heterocycles. The third-order valence-corrected chi connectivity index (χ3v) is 11.3. The van der Waals surface area contributed by atoms with Crippen LogP contribution < -0.4 is 27.4 Å². The zero-order valence-electron chi connectivity index (χ0n) is 30.4. The van der Waals surface area contributed by atoms with Gasteiger partial charge in [-0.15, -0.1) is 0 Å². The highest BCUT2D eigenvalue weighted by molar-refractivity contribution is 6.23. The number of hydrogen-bond donors (Lipinski definition) is 5. The largest absolute Gasteiger partial charge is 0.463 e. The molecular formula is C37H64N6O5. The van der Waals surface area contributed by atoms with E-state index >= 15 is 0 Å². The molecule has 11 heteroatoms. The zero-order valence-corrected chi connectivity index (χ0v) is 30.4. The molecule has 11 nitrogen and oxygen atoms in total. The summed E-state index contributed by atoms with van der Waals surface area (Å²) in [4.78, 5) is 47.5. The topological polar surface area (TPSA) is 173 Å². The Hall–Kier alpha value is -2.34. The highest BCUT2D eigenvalue weighted by Gasteiger charge is 2.87. The summed E-state index contributed by atoms with van der Waals surface area (Å²) in [7, 11) is 1.65. The van der Waals surface area contributed by atoms with E-state index in [-0.39, 0.29) is 54.6 Å². The van der Waals surface area contributed by atoms with Gasteiger partial charge >= 0.3 is 5.97 Å².